The summed E-state index contributed by atoms with van der Waals surface area (Å²) in [5.74, 6) is 0.961. The van der Waals surface area contributed by atoms with Gasteiger partial charge in [0, 0.05) is 6.54 Å². The number of nitrogens with zero attached hydrogens (tertiary/aromatic N) is 1. The second-order valence-corrected chi connectivity index (χ2v) is 7.11. The Balaban J connectivity index is 1.88. The molecule has 0 radical (unpaired) electrons. The van der Waals surface area contributed by atoms with Gasteiger partial charge >= 0.3 is 0 Å². The molecule has 1 aliphatic carbocycles. The van der Waals surface area contributed by atoms with E-state index >= 15 is 0 Å². The van der Waals surface area contributed by atoms with E-state index in [0.29, 0.717) is 22.7 Å². The maximum absolute atomic E-state index is 12.3. The zero-order valence-corrected chi connectivity index (χ0v) is 12.5. The van der Waals surface area contributed by atoms with Crippen LogP contribution in [-0.4, -0.2) is 30.1 Å². The van der Waals surface area contributed by atoms with E-state index in [2.05, 4.69) is 39.9 Å². The van der Waals surface area contributed by atoms with Gasteiger partial charge in [0.2, 0.25) is 5.91 Å². The summed E-state index contributed by atoms with van der Waals surface area (Å²) in [5.41, 5.74) is 0.740. The molecule has 0 spiro atoms. The summed E-state index contributed by atoms with van der Waals surface area (Å²) in [6, 6.07) is 0.0786. The van der Waals surface area contributed by atoms with Crippen molar-refractivity contribution >= 4 is 5.91 Å². The maximum Gasteiger partial charge on any atom is 0.240 e. The van der Waals surface area contributed by atoms with Crippen molar-refractivity contribution in [3.63, 3.8) is 0 Å². The molecule has 3 heteroatoms. The lowest BCUT2D eigenvalue weighted by molar-refractivity contribution is -0.129. The van der Waals surface area contributed by atoms with E-state index in [1.54, 1.807) is 0 Å². The highest BCUT2D eigenvalue weighted by Crippen LogP contribution is 2.68. The highest BCUT2D eigenvalue weighted by Gasteiger charge is 2.65. The average molecular weight is 252 g/mol. The van der Waals surface area contributed by atoms with Crippen molar-refractivity contribution in [3.8, 4) is 0 Å². The van der Waals surface area contributed by atoms with Gasteiger partial charge in [0.25, 0.3) is 0 Å². The van der Waals surface area contributed by atoms with Crippen molar-refractivity contribution in [1.29, 1.82) is 0 Å². The van der Waals surface area contributed by atoms with Gasteiger partial charge in [-0.05, 0) is 23.2 Å². The molecule has 1 aliphatic heterocycles. The molecule has 2 rings (SSSR count). The van der Waals surface area contributed by atoms with Crippen LogP contribution in [0.15, 0.2) is 0 Å². The third-order valence-electron chi connectivity index (χ3n) is 5.71. The van der Waals surface area contributed by atoms with Gasteiger partial charge in [-0.2, -0.15) is 0 Å². The Morgan fingerprint density at radius 1 is 1.28 bits per heavy atom. The Morgan fingerprint density at radius 3 is 2.39 bits per heavy atom. The summed E-state index contributed by atoms with van der Waals surface area (Å²) in [5, 5.41) is 3.36. The van der Waals surface area contributed by atoms with Gasteiger partial charge in [-0.15, -0.1) is 0 Å². The van der Waals surface area contributed by atoms with Gasteiger partial charge in [0.15, 0.2) is 0 Å². The molecule has 0 aromatic heterocycles. The van der Waals surface area contributed by atoms with Crippen molar-refractivity contribution in [2.24, 2.45) is 16.7 Å². The summed E-state index contributed by atoms with van der Waals surface area (Å²) in [7, 11) is 0. The fraction of sp³-hybridized carbons (Fsp3) is 0.933. The van der Waals surface area contributed by atoms with Gasteiger partial charge < -0.3 is 4.90 Å². The fourth-order valence-corrected chi connectivity index (χ4v) is 3.40. The molecular weight excluding hydrogens is 224 g/mol. The predicted octanol–water partition coefficient (Wildman–Crippen LogP) is 2.62. The number of unbranched alkanes of at least 4 members (excludes halogenated alkanes) is 1. The summed E-state index contributed by atoms with van der Waals surface area (Å²) in [4.78, 5) is 14.3. The molecule has 1 saturated heterocycles. The highest BCUT2D eigenvalue weighted by molar-refractivity contribution is 5.83. The number of rotatable bonds is 5. The van der Waals surface area contributed by atoms with Gasteiger partial charge in [-0.3, -0.25) is 10.1 Å². The van der Waals surface area contributed by atoms with Crippen molar-refractivity contribution in [2.45, 2.75) is 59.9 Å². The Labute approximate surface area is 111 Å². The van der Waals surface area contributed by atoms with E-state index in [1.807, 2.05) is 4.90 Å². The van der Waals surface area contributed by atoms with Crippen molar-refractivity contribution in [2.75, 3.05) is 13.2 Å². The van der Waals surface area contributed by atoms with E-state index in [9.17, 15) is 4.79 Å². The van der Waals surface area contributed by atoms with Crippen LogP contribution < -0.4 is 5.32 Å². The summed E-state index contributed by atoms with van der Waals surface area (Å²) < 4.78 is 0. The Morgan fingerprint density at radius 2 is 1.89 bits per heavy atom. The summed E-state index contributed by atoms with van der Waals surface area (Å²) in [6.07, 6.45) is 3.29. The standard InChI is InChI=1S/C15H28N2O/c1-6-7-8-11-13(18)17(10-16-11)9-12-14(2,3)15(12,4)5/h11-12,16H,6-10H2,1-5H3. The SMILES string of the molecule is CCCCC1NCN(CC2C(C)(C)C2(C)C)C1=O. The van der Waals surface area contributed by atoms with Crippen molar-refractivity contribution < 1.29 is 4.79 Å². The van der Waals surface area contributed by atoms with Crippen LogP contribution in [0, 0.1) is 16.7 Å². The largest absolute Gasteiger partial charge is 0.328 e. The van der Waals surface area contributed by atoms with Crippen LogP contribution in [0.4, 0.5) is 0 Å². The lowest BCUT2D eigenvalue weighted by atomic mass is 10.0. The molecular formula is C15H28N2O. The van der Waals surface area contributed by atoms with Crippen LogP contribution in [0.3, 0.4) is 0 Å². The third-order valence-corrected chi connectivity index (χ3v) is 5.71. The molecule has 0 aromatic rings. The molecule has 1 N–H and O–H groups in total. The van der Waals surface area contributed by atoms with E-state index in [-0.39, 0.29) is 6.04 Å². The summed E-state index contributed by atoms with van der Waals surface area (Å²) in [6.45, 7) is 13.1. The zero-order valence-electron chi connectivity index (χ0n) is 12.5. The third kappa shape index (κ3) is 2.07. The van der Waals surface area contributed by atoms with Gasteiger partial charge in [0.05, 0.1) is 12.7 Å². The number of carbonyl (C=O) groups is 1. The van der Waals surface area contributed by atoms with Crippen molar-refractivity contribution in [1.82, 2.24) is 10.2 Å². The number of hydrogen-bond donors (Lipinski definition) is 1. The van der Waals surface area contributed by atoms with Gasteiger partial charge in [-0.25, -0.2) is 0 Å². The number of hydrogen-bond acceptors (Lipinski definition) is 2. The highest BCUT2D eigenvalue weighted by atomic mass is 16.2. The molecule has 2 fully saturated rings. The molecule has 2 aliphatic rings. The smallest absolute Gasteiger partial charge is 0.240 e. The molecule has 1 amide bonds. The molecule has 1 atom stereocenters. The minimum absolute atomic E-state index is 0.0786. The molecule has 1 heterocycles. The average Bonchev–Trinajstić information content (AvgIpc) is 2.60. The van der Waals surface area contributed by atoms with Crippen LogP contribution >= 0.6 is 0 Å². The Kier molecular flexibility index (Phi) is 3.48. The van der Waals surface area contributed by atoms with Crippen LogP contribution in [-0.2, 0) is 4.79 Å². The maximum atomic E-state index is 12.3. The van der Waals surface area contributed by atoms with E-state index in [4.69, 9.17) is 0 Å². The van der Waals surface area contributed by atoms with Gasteiger partial charge in [0.1, 0.15) is 0 Å². The van der Waals surface area contributed by atoms with Crippen LogP contribution in [0.25, 0.3) is 0 Å². The molecule has 18 heavy (non-hydrogen) atoms. The van der Waals surface area contributed by atoms with E-state index < -0.39 is 0 Å². The molecule has 3 nitrogen and oxygen atoms in total. The number of carbonyl (C=O) groups excluding carboxylic acids is 1. The summed E-state index contributed by atoms with van der Waals surface area (Å²) >= 11 is 0. The topological polar surface area (TPSA) is 32.3 Å². The first-order valence-electron chi connectivity index (χ1n) is 7.34. The second-order valence-electron chi connectivity index (χ2n) is 7.11. The first-order chi connectivity index (χ1) is 8.32. The van der Waals surface area contributed by atoms with E-state index in [0.717, 1.165) is 32.5 Å². The van der Waals surface area contributed by atoms with Gasteiger partial charge in [-0.1, -0.05) is 47.5 Å². The zero-order chi connectivity index (χ0) is 13.6. The Bertz CT molecular complexity index is 321. The lowest BCUT2D eigenvalue weighted by Crippen LogP contribution is -2.32. The quantitative estimate of drug-likeness (QED) is 0.816. The molecule has 0 bridgehead atoms. The second kappa shape index (κ2) is 4.52. The van der Waals surface area contributed by atoms with Crippen LogP contribution in [0.2, 0.25) is 0 Å². The predicted molar refractivity (Wildman–Crippen MR) is 74.1 cm³/mol. The normalized spacial score (nSPS) is 29.9. The first kappa shape index (κ1) is 13.9. The number of nitrogens with one attached hydrogen (secondary N) is 1. The van der Waals surface area contributed by atoms with E-state index in [1.165, 1.54) is 0 Å². The van der Waals surface area contributed by atoms with Crippen LogP contribution in [0.1, 0.15) is 53.9 Å². The molecule has 1 unspecified atom stereocenters. The molecule has 104 valence electrons. The molecule has 0 aromatic carbocycles. The monoisotopic (exact) mass is 252 g/mol. The lowest BCUT2D eigenvalue weighted by Gasteiger charge is -2.16. The minimum Gasteiger partial charge on any atom is -0.328 e. The Hall–Kier alpha value is -0.570. The van der Waals surface area contributed by atoms with Crippen molar-refractivity contribution in [3.05, 3.63) is 0 Å². The molecule has 1 saturated carbocycles. The fourth-order valence-electron chi connectivity index (χ4n) is 3.40. The minimum atomic E-state index is 0.0786. The first-order valence-corrected chi connectivity index (χ1v) is 7.34. The number of amides is 1. The van der Waals surface area contributed by atoms with Crippen LogP contribution in [0.5, 0.6) is 0 Å².